The van der Waals surface area contributed by atoms with Crippen LogP contribution in [0.4, 0.5) is 4.39 Å². The molecule has 2 aliphatic heterocycles. The molecule has 2 saturated heterocycles. The fraction of sp³-hybridized carbons (Fsp3) is 0.652. The molecule has 2 heterocycles. The van der Waals surface area contributed by atoms with Gasteiger partial charge in [-0.05, 0) is 43.9 Å². The highest BCUT2D eigenvalue weighted by Crippen LogP contribution is 2.22. The molecule has 2 aliphatic rings. The van der Waals surface area contributed by atoms with Crippen LogP contribution in [0, 0.1) is 5.82 Å². The Labute approximate surface area is 185 Å². The minimum atomic E-state index is -0.234. The Morgan fingerprint density at radius 2 is 1.94 bits per heavy atom. The van der Waals surface area contributed by atoms with E-state index in [4.69, 9.17) is 4.74 Å². The maximum absolute atomic E-state index is 13.4. The van der Waals surface area contributed by atoms with Crippen LogP contribution < -0.4 is 10.6 Å². The van der Waals surface area contributed by atoms with Crippen molar-refractivity contribution in [2.75, 3.05) is 53.0 Å². The number of amides is 1. The van der Waals surface area contributed by atoms with Crippen LogP contribution in [-0.4, -0.2) is 80.7 Å². The predicted molar refractivity (Wildman–Crippen MR) is 121 cm³/mol. The Bertz CT molecular complexity index is 721. The molecule has 7 nitrogen and oxygen atoms in total. The lowest BCUT2D eigenvalue weighted by Crippen LogP contribution is -2.47. The summed E-state index contributed by atoms with van der Waals surface area (Å²) in [5, 5.41) is 6.64. The zero-order chi connectivity index (χ0) is 22.1. The van der Waals surface area contributed by atoms with Gasteiger partial charge in [-0.25, -0.2) is 4.39 Å². The maximum Gasteiger partial charge on any atom is 0.224 e. The molecule has 0 radical (unpaired) electrons. The van der Waals surface area contributed by atoms with Crippen molar-refractivity contribution in [3.05, 3.63) is 35.6 Å². The molecule has 1 aromatic rings. The topological polar surface area (TPSA) is 69.2 Å². The molecule has 2 atom stereocenters. The van der Waals surface area contributed by atoms with Crippen LogP contribution in [0.3, 0.4) is 0 Å². The maximum atomic E-state index is 13.4. The minimum absolute atomic E-state index is 0.0823. The molecule has 0 aliphatic carbocycles. The molecule has 0 bridgehead atoms. The number of ether oxygens (including phenoxy) is 1. The van der Waals surface area contributed by atoms with Gasteiger partial charge in [0, 0.05) is 52.2 Å². The highest BCUT2D eigenvalue weighted by atomic mass is 19.1. The Morgan fingerprint density at radius 1 is 1.19 bits per heavy atom. The van der Waals surface area contributed by atoms with Crippen LogP contribution in [-0.2, 0) is 9.53 Å². The molecule has 8 heteroatoms. The van der Waals surface area contributed by atoms with Crippen molar-refractivity contribution >= 4 is 11.9 Å². The van der Waals surface area contributed by atoms with E-state index >= 15 is 0 Å². The second-order valence-corrected chi connectivity index (χ2v) is 8.28. The molecule has 2 N–H and O–H groups in total. The Hall–Kier alpha value is -2.19. The van der Waals surface area contributed by atoms with E-state index in [1.54, 1.807) is 7.05 Å². The summed E-state index contributed by atoms with van der Waals surface area (Å²) < 4.78 is 18.9. The number of carbonyl (C=O) groups excluding carboxylic acids is 1. The van der Waals surface area contributed by atoms with Crippen LogP contribution in [0.15, 0.2) is 29.3 Å². The van der Waals surface area contributed by atoms with Crippen molar-refractivity contribution in [2.45, 2.75) is 44.7 Å². The Kier molecular flexibility index (Phi) is 9.09. The van der Waals surface area contributed by atoms with Crippen molar-refractivity contribution < 1.29 is 13.9 Å². The first kappa shape index (κ1) is 23.5. The number of hydrogen-bond donors (Lipinski definition) is 2. The molecule has 2 fully saturated rings. The number of nitrogens with zero attached hydrogens (tertiary/aromatic N) is 3. The van der Waals surface area contributed by atoms with Crippen LogP contribution in [0.2, 0.25) is 0 Å². The van der Waals surface area contributed by atoms with Gasteiger partial charge in [0.05, 0.1) is 19.3 Å². The van der Waals surface area contributed by atoms with Gasteiger partial charge in [0.2, 0.25) is 5.91 Å². The third-order valence-electron chi connectivity index (χ3n) is 6.18. The van der Waals surface area contributed by atoms with Gasteiger partial charge < -0.3 is 20.3 Å². The number of aliphatic imine (C=N–C) groups is 1. The van der Waals surface area contributed by atoms with Gasteiger partial charge in [-0.15, -0.1) is 0 Å². The summed E-state index contributed by atoms with van der Waals surface area (Å²) in [6.45, 7) is 7.22. The number of nitrogens with one attached hydrogen (secondary N) is 2. The van der Waals surface area contributed by atoms with Crippen LogP contribution in [0.25, 0.3) is 0 Å². The summed E-state index contributed by atoms with van der Waals surface area (Å²) in [5.74, 6) is 0.634. The quantitative estimate of drug-likeness (QED) is 0.510. The first-order valence-corrected chi connectivity index (χ1v) is 11.4. The fourth-order valence-electron chi connectivity index (χ4n) is 4.35. The normalized spacial score (nSPS) is 21.6. The van der Waals surface area contributed by atoms with E-state index in [0.717, 1.165) is 38.0 Å². The SMILES string of the molecule is CN=C(NCCC(=O)N1CCCCC1C)NCC(c1ccc(F)cc1)N1CCOCC1. The highest BCUT2D eigenvalue weighted by molar-refractivity contribution is 5.81. The number of halogens is 1. The van der Waals surface area contributed by atoms with E-state index in [9.17, 15) is 9.18 Å². The zero-order valence-corrected chi connectivity index (χ0v) is 18.8. The van der Waals surface area contributed by atoms with Crippen molar-refractivity contribution in [3.63, 3.8) is 0 Å². The number of hydrogen-bond acceptors (Lipinski definition) is 4. The standard InChI is InChI=1S/C23H36FN5O2/c1-18-5-3-4-12-29(18)22(30)10-11-26-23(25-2)27-17-21(28-13-15-31-16-14-28)19-6-8-20(24)9-7-19/h6-9,18,21H,3-5,10-17H2,1-2H3,(H2,25,26,27). The van der Waals surface area contributed by atoms with Crippen LogP contribution in [0.1, 0.15) is 44.2 Å². The van der Waals surface area contributed by atoms with E-state index in [1.165, 1.54) is 18.6 Å². The van der Waals surface area contributed by atoms with Crippen LogP contribution >= 0.6 is 0 Å². The smallest absolute Gasteiger partial charge is 0.224 e. The molecule has 31 heavy (non-hydrogen) atoms. The van der Waals surface area contributed by atoms with Gasteiger partial charge in [0.1, 0.15) is 5.82 Å². The summed E-state index contributed by atoms with van der Waals surface area (Å²) in [7, 11) is 1.73. The third kappa shape index (κ3) is 6.90. The van der Waals surface area contributed by atoms with Crippen molar-refractivity contribution in [3.8, 4) is 0 Å². The van der Waals surface area contributed by atoms with E-state index in [0.29, 0.717) is 44.7 Å². The van der Waals surface area contributed by atoms with Gasteiger partial charge in [-0.1, -0.05) is 12.1 Å². The third-order valence-corrected chi connectivity index (χ3v) is 6.18. The van der Waals surface area contributed by atoms with E-state index in [1.807, 2.05) is 17.0 Å². The number of piperidine rings is 1. The lowest BCUT2D eigenvalue weighted by molar-refractivity contribution is -0.134. The molecular formula is C23H36FN5O2. The number of carbonyl (C=O) groups is 1. The van der Waals surface area contributed by atoms with Crippen molar-refractivity contribution in [1.29, 1.82) is 0 Å². The van der Waals surface area contributed by atoms with Gasteiger partial charge in [-0.3, -0.25) is 14.7 Å². The molecule has 0 spiro atoms. The Morgan fingerprint density at radius 3 is 2.61 bits per heavy atom. The second kappa shape index (κ2) is 12.0. The first-order chi connectivity index (χ1) is 15.1. The van der Waals surface area contributed by atoms with E-state index in [-0.39, 0.29) is 17.8 Å². The molecule has 1 amide bonds. The molecule has 0 saturated carbocycles. The number of guanidine groups is 1. The van der Waals surface area contributed by atoms with Gasteiger partial charge in [-0.2, -0.15) is 0 Å². The molecular weight excluding hydrogens is 397 g/mol. The van der Waals surface area contributed by atoms with E-state index in [2.05, 4.69) is 27.4 Å². The van der Waals surface area contributed by atoms with Crippen molar-refractivity contribution in [2.24, 2.45) is 4.99 Å². The summed E-state index contributed by atoms with van der Waals surface area (Å²) in [4.78, 5) is 21.2. The minimum Gasteiger partial charge on any atom is -0.379 e. The summed E-state index contributed by atoms with van der Waals surface area (Å²) >= 11 is 0. The number of likely N-dealkylation sites (tertiary alicyclic amines) is 1. The predicted octanol–water partition coefficient (Wildman–Crippen LogP) is 2.16. The number of morpholine rings is 1. The zero-order valence-electron chi connectivity index (χ0n) is 18.8. The average Bonchev–Trinajstić information content (AvgIpc) is 2.80. The lowest BCUT2D eigenvalue weighted by atomic mass is 10.0. The fourth-order valence-corrected chi connectivity index (χ4v) is 4.35. The second-order valence-electron chi connectivity index (χ2n) is 8.28. The Balaban J connectivity index is 1.51. The van der Waals surface area contributed by atoms with Gasteiger partial charge in [0.25, 0.3) is 0 Å². The summed E-state index contributed by atoms with van der Waals surface area (Å²) in [6, 6.07) is 7.10. The van der Waals surface area contributed by atoms with Gasteiger partial charge >= 0.3 is 0 Å². The van der Waals surface area contributed by atoms with Crippen molar-refractivity contribution in [1.82, 2.24) is 20.4 Å². The molecule has 3 rings (SSSR count). The molecule has 0 aromatic heterocycles. The highest BCUT2D eigenvalue weighted by Gasteiger charge is 2.24. The number of benzene rings is 1. The van der Waals surface area contributed by atoms with Gasteiger partial charge in [0.15, 0.2) is 5.96 Å². The molecule has 172 valence electrons. The summed E-state index contributed by atoms with van der Waals surface area (Å²) in [5.41, 5.74) is 1.06. The lowest BCUT2D eigenvalue weighted by Gasteiger charge is -2.35. The first-order valence-electron chi connectivity index (χ1n) is 11.4. The van der Waals surface area contributed by atoms with Crippen LogP contribution in [0.5, 0.6) is 0 Å². The summed E-state index contributed by atoms with van der Waals surface area (Å²) in [6.07, 6.45) is 3.85. The average molecular weight is 434 g/mol. The van der Waals surface area contributed by atoms with E-state index < -0.39 is 0 Å². The number of rotatable bonds is 7. The molecule has 2 unspecified atom stereocenters. The molecule has 1 aromatic carbocycles. The monoisotopic (exact) mass is 433 g/mol. The largest absolute Gasteiger partial charge is 0.379 e.